The van der Waals surface area contributed by atoms with Gasteiger partial charge in [0, 0.05) is 12.0 Å². The lowest BCUT2D eigenvalue weighted by atomic mass is 10.8. The highest BCUT2D eigenvalue weighted by atomic mass is 32.1. The van der Waals surface area contributed by atoms with E-state index in [1.165, 1.54) is 5.37 Å². The monoisotopic (exact) mass is 103 g/mol. The maximum absolute atomic E-state index is 4.71. The van der Waals surface area contributed by atoms with Crippen LogP contribution in [-0.2, 0) is 4.74 Å². The van der Waals surface area contributed by atoms with Gasteiger partial charge in [-0.3, -0.25) is 0 Å². The fraction of sp³-hybridized carbons (Fsp3) is 0.500. The van der Waals surface area contributed by atoms with Gasteiger partial charge in [0.15, 0.2) is 0 Å². The van der Waals surface area contributed by atoms with Crippen molar-refractivity contribution < 1.29 is 4.74 Å². The molecular formula is C4H7OS. The Hall–Kier alpha value is 0.0500. The maximum Gasteiger partial charge on any atom is 0.0749 e. The van der Waals surface area contributed by atoms with Crippen molar-refractivity contribution >= 4 is 17.6 Å². The summed E-state index contributed by atoms with van der Waals surface area (Å²) >= 11 is 4.44. The van der Waals surface area contributed by atoms with Crippen molar-refractivity contribution in [2.45, 2.75) is 0 Å². The van der Waals surface area contributed by atoms with Crippen LogP contribution in [0, 0.1) is 6.92 Å². The summed E-state index contributed by atoms with van der Waals surface area (Å²) in [4.78, 5) is 0. The summed E-state index contributed by atoms with van der Waals surface area (Å²) in [6.45, 7) is 4.48. The molecule has 0 heterocycles. The van der Waals surface area contributed by atoms with Crippen LogP contribution in [0.3, 0.4) is 0 Å². The zero-order chi connectivity index (χ0) is 4.83. The van der Waals surface area contributed by atoms with Crippen molar-refractivity contribution in [3.8, 4) is 0 Å². The predicted molar refractivity (Wildman–Crippen MR) is 29.8 cm³/mol. The summed E-state index contributed by atoms with van der Waals surface area (Å²) in [5.41, 5.74) is 0. The van der Waals surface area contributed by atoms with Crippen molar-refractivity contribution in [2.24, 2.45) is 0 Å². The fourth-order valence-electron chi connectivity index (χ4n) is 0.131. The van der Waals surface area contributed by atoms with Gasteiger partial charge in [-0.05, 0) is 6.92 Å². The Labute approximate surface area is 43.3 Å². The van der Waals surface area contributed by atoms with Gasteiger partial charge >= 0.3 is 0 Å². The molecule has 0 bridgehead atoms. The van der Waals surface area contributed by atoms with Crippen LogP contribution in [-0.4, -0.2) is 18.6 Å². The first-order chi connectivity index (χ1) is 2.91. The van der Waals surface area contributed by atoms with Crippen LogP contribution in [0.2, 0.25) is 0 Å². The Kier molecular flexibility index (Phi) is 5.09. The lowest BCUT2D eigenvalue weighted by Crippen LogP contribution is -1.90. The van der Waals surface area contributed by atoms with Gasteiger partial charge in [-0.1, -0.05) is 12.2 Å². The molecule has 0 aromatic heterocycles. The van der Waals surface area contributed by atoms with Gasteiger partial charge in [0.2, 0.25) is 0 Å². The molecule has 1 nitrogen and oxygen atoms in total. The second-order valence-corrected chi connectivity index (χ2v) is 1.07. The lowest BCUT2D eigenvalue weighted by Gasteiger charge is -1.87. The van der Waals surface area contributed by atoms with Crippen LogP contribution in [0.1, 0.15) is 0 Å². The Balaban J connectivity index is 2.49. The summed E-state index contributed by atoms with van der Waals surface area (Å²) in [6, 6.07) is 0. The summed E-state index contributed by atoms with van der Waals surface area (Å²) < 4.78 is 4.71. The first kappa shape index (κ1) is 6.05. The van der Waals surface area contributed by atoms with E-state index in [1.54, 1.807) is 0 Å². The molecule has 6 heavy (non-hydrogen) atoms. The molecule has 35 valence electrons. The molecule has 0 spiro atoms. The second-order valence-electron chi connectivity index (χ2n) is 0.742. The molecular weight excluding hydrogens is 96.1 g/mol. The van der Waals surface area contributed by atoms with Crippen LogP contribution < -0.4 is 0 Å². The normalized spacial score (nSPS) is 8.17. The highest BCUT2D eigenvalue weighted by Crippen LogP contribution is 1.64. The SMILES string of the molecule is [CH2]COCC=S. The van der Waals surface area contributed by atoms with E-state index >= 15 is 0 Å². The molecule has 0 saturated heterocycles. The largest absolute Gasteiger partial charge is 0.377 e. The molecule has 0 atom stereocenters. The Morgan fingerprint density at radius 1 is 1.83 bits per heavy atom. The van der Waals surface area contributed by atoms with Crippen molar-refractivity contribution in [1.82, 2.24) is 0 Å². The Morgan fingerprint density at radius 3 is 2.67 bits per heavy atom. The molecule has 0 N–H and O–H groups in total. The van der Waals surface area contributed by atoms with E-state index in [2.05, 4.69) is 19.1 Å². The summed E-state index contributed by atoms with van der Waals surface area (Å²) in [5, 5.41) is 1.53. The molecule has 0 saturated carbocycles. The number of thiocarbonyl (C=S) groups is 1. The standard InChI is InChI=1S/C4H7OS/c1-2-5-3-4-6/h4H,1-3H2. The van der Waals surface area contributed by atoms with E-state index in [4.69, 9.17) is 4.74 Å². The zero-order valence-electron chi connectivity index (χ0n) is 3.52. The number of rotatable bonds is 3. The number of hydrogen-bond donors (Lipinski definition) is 0. The van der Waals surface area contributed by atoms with E-state index in [0.717, 1.165) is 0 Å². The van der Waals surface area contributed by atoms with Gasteiger partial charge in [0.25, 0.3) is 0 Å². The Morgan fingerprint density at radius 2 is 2.50 bits per heavy atom. The van der Waals surface area contributed by atoms with Gasteiger partial charge in [0.05, 0.1) is 6.61 Å². The summed E-state index contributed by atoms with van der Waals surface area (Å²) in [7, 11) is 0. The molecule has 0 unspecified atom stereocenters. The van der Waals surface area contributed by atoms with Gasteiger partial charge in [-0.15, -0.1) is 0 Å². The van der Waals surface area contributed by atoms with E-state index in [1.807, 2.05) is 0 Å². The number of hydrogen-bond acceptors (Lipinski definition) is 2. The molecule has 0 fully saturated rings. The molecule has 0 aliphatic heterocycles. The van der Waals surface area contributed by atoms with Crippen molar-refractivity contribution in [2.75, 3.05) is 13.2 Å². The zero-order valence-corrected chi connectivity index (χ0v) is 4.33. The van der Waals surface area contributed by atoms with E-state index < -0.39 is 0 Å². The topological polar surface area (TPSA) is 9.23 Å². The molecule has 0 aliphatic carbocycles. The molecule has 0 amide bonds. The first-order valence-corrected chi connectivity index (χ1v) is 2.19. The molecule has 0 rings (SSSR count). The van der Waals surface area contributed by atoms with Gasteiger partial charge < -0.3 is 4.74 Å². The van der Waals surface area contributed by atoms with Crippen LogP contribution in [0.5, 0.6) is 0 Å². The highest BCUT2D eigenvalue weighted by molar-refractivity contribution is 7.79. The molecule has 1 radical (unpaired) electrons. The lowest BCUT2D eigenvalue weighted by molar-refractivity contribution is 0.206. The summed E-state index contributed by atoms with van der Waals surface area (Å²) in [6.07, 6.45) is 0. The molecule has 0 aromatic carbocycles. The number of ether oxygens (including phenoxy) is 1. The average molecular weight is 103 g/mol. The van der Waals surface area contributed by atoms with Gasteiger partial charge in [-0.2, -0.15) is 0 Å². The van der Waals surface area contributed by atoms with Crippen LogP contribution in [0.25, 0.3) is 0 Å². The molecule has 2 heteroatoms. The van der Waals surface area contributed by atoms with Crippen molar-refractivity contribution in [1.29, 1.82) is 0 Å². The van der Waals surface area contributed by atoms with Crippen LogP contribution in [0.15, 0.2) is 0 Å². The third-order valence-corrected chi connectivity index (χ3v) is 0.466. The smallest absolute Gasteiger partial charge is 0.0749 e. The highest BCUT2D eigenvalue weighted by Gasteiger charge is 1.69. The third kappa shape index (κ3) is 4.05. The second kappa shape index (κ2) is 5.05. The quantitative estimate of drug-likeness (QED) is 0.386. The summed E-state index contributed by atoms with van der Waals surface area (Å²) in [5.74, 6) is 0. The average Bonchev–Trinajstić information content (AvgIpc) is 1.61. The minimum Gasteiger partial charge on any atom is -0.377 e. The van der Waals surface area contributed by atoms with E-state index in [-0.39, 0.29) is 0 Å². The van der Waals surface area contributed by atoms with E-state index in [9.17, 15) is 0 Å². The fourth-order valence-corrected chi connectivity index (χ4v) is 0.228. The van der Waals surface area contributed by atoms with Crippen molar-refractivity contribution in [3.05, 3.63) is 6.92 Å². The Bertz CT molecular complexity index is 36.5. The minimum atomic E-state index is 0.507. The van der Waals surface area contributed by atoms with E-state index in [0.29, 0.717) is 13.2 Å². The maximum atomic E-state index is 4.71. The van der Waals surface area contributed by atoms with Gasteiger partial charge in [0.1, 0.15) is 0 Å². The molecule has 0 aromatic rings. The first-order valence-electron chi connectivity index (χ1n) is 1.72. The van der Waals surface area contributed by atoms with Crippen LogP contribution >= 0.6 is 12.2 Å². The molecule has 0 aliphatic rings. The van der Waals surface area contributed by atoms with Crippen molar-refractivity contribution in [3.63, 3.8) is 0 Å². The van der Waals surface area contributed by atoms with Gasteiger partial charge in [-0.25, -0.2) is 0 Å². The minimum absolute atomic E-state index is 0.507. The predicted octanol–water partition coefficient (Wildman–Crippen LogP) is 0.837. The van der Waals surface area contributed by atoms with Crippen LogP contribution in [0.4, 0.5) is 0 Å². The third-order valence-electron chi connectivity index (χ3n) is 0.330.